The van der Waals surface area contributed by atoms with Gasteiger partial charge in [0.2, 0.25) is 53.2 Å². The Balaban J connectivity index is 0.648. The van der Waals surface area contributed by atoms with Crippen LogP contribution in [0.2, 0.25) is 0 Å². The summed E-state index contributed by atoms with van der Waals surface area (Å²) in [5.41, 5.74) is 17.1. The van der Waals surface area contributed by atoms with Crippen molar-refractivity contribution in [1.82, 2.24) is 47.9 Å². The van der Waals surface area contributed by atoms with Gasteiger partial charge in [-0.3, -0.25) is 48.5 Å². The van der Waals surface area contributed by atoms with Crippen molar-refractivity contribution >= 4 is 76.7 Å². The van der Waals surface area contributed by atoms with Crippen LogP contribution in [0.1, 0.15) is 223 Å². The van der Waals surface area contributed by atoms with Gasteiger partial charge in [-0.2, -0.15) is 0 Å². The number of rotatable bonds is 63. The third kappa shape index (κ3) is 37.6. The number of allylic oxidation sites excluding steroid dienone is 3. The summed E-state index contributed by atoms with van der Waals surface area (Å²) in [6, 6.07) is 12.7. The summed E-state index contributed by atoms with van der Waals surface area (Å²) in [5.74, 6) is -2.80. The number of unbranched alkanes of at least 4 members (excludes halogenated alkanes) is 1. The number of hydrogen-bond acceptors (Lipinski definition) is 27. The van der Waals surface area contributed by atoms with E-state index in [9.17, 15) is 63.0 Å². The quantitative estimate of drug-likeness (QED) is 0.0109. The highest BCUT2D eigenvalue weighted by Crippen LogP contribution is 2.60. The zero-order valence-electron chi connectivity index (χ0n) is 88.5. The standard InChI is InChI=1S/C109H170N14O24/c1-74(2)97(101(132)119-88(26-19-46-110)98(129)116-78-34-28-75(29-35-78)71-146-105(136)120-89(70-124)100(131)117-79-36-30-76-32-38-91-106(3,84(76)68-79)42-20-44-108(91,5)102(133)122-103(134)109(6)45-21-43-107(4)85-69-80(125)37-31-77(85)33-39-92(107)109)121-99(130)87(118-94(127)41-53-138-57-61-142-65-67-144-63-59-140-55-50-115-104(135)147-72-83-81-22-13-10-11-14-23-82(81)83)25-17-18-47-113-95(128)73-145-90-27-16-12-15-24-86(96(90)111)112-49-54-139-58-62-143-66-64-141-60-56-137-52-40-93(126)114-48-51-123(7,8)9/h10-11,28-31,34-37,68-69,74,81-83,87-92,97,112,124H,12-27,32-33,38-67,70-73,110-111H2,1-9H3,(H10-,113,114,115,116,117,118,119,120,121,122,125,126,127,128,129,130,131,132,133,134,135,136)/p+1/b11-10-,96-86?/t81-,82+,83?,87-,88+,89+,90?,91-,92-,97+,106-,107-,108+,109+/m1/s1. The minimum Gasteiger partial charge on any atom is -0.508 e. The van der Waals surface area contributed by atoms with Crippen molar-refractivity contribution in [3.8, 4) is 5.75 Å². The van der Waals surface area contributed by atoms with Crippen LogP contribution in [0.3, 0.4) is 0 Å². The van der Waals surface area contributed by atoms with E-state index >= 15 is 0 Å². The number of hydrogen-bond donors (Lipinski definition) is 15. The van der Waals surface area contributed by atoms with Gasteiger partial charge in [-0.1, -0.05) is 104 Å². The van der Waals surface area contributed by atoms with Crippen LogP contribution in [-0.4, -0.2) is 296 Å². The van der Waals surface area contributed by atoms with Gasteiger partial charge in [-0.25, -0.2) is 9.59 Å². The molecule has 14 atom stereocenters. The van der Waals surface area contributed by atoms with E-state index < -0.39 is 101 Å². The number of amides is 11. The zero-order chi connectivity index (χ0) is 106. The first kappa shape index (κ1) is 119. The number of carbonyl (C=O) groups is 11. The molecule has 38 nitrogen and oxygen atoms in total. The molecule has 11 amide bonds. The van der Waals surface area contributed by atoms with Crippen LogP contribution in [0.5, 0.6) is 5.75 Å². The predicted octanol–water partition coefficient (Wildman–Crippen LogP) is 8.62. The Morgan fingerprint density at radius 3 is 1.60 bits per heavy atom. The third-order valence-corrected chi connectivity index (χ3v) is 30.4. The van der Waals surface area contributed by atoms with Crippen LogP contribution in [0, 0.1) is 46.3 Å². The lowest BCUT2D eigenvalue weighted by Crippen LogP contribution is -2.60. The van der Waals surface area contributed by atoms with Crippen LogP contribution in [-0.2, 0) is 126 Å². The Hall–Kier alpha value is -9.97. The number of nitrogens with zero attached hydrogens (tertiary/aromatic N) is 1. The van der Waals surface area contributed by atoms with Gasteiger partial charge >= 0.3 is 12.2 Å². The molecule has 38 heteroatoms. The van der Waals surface area contributed by atoms with Gasteiger partial charge in [-0.15, -0.1) is 0 Å². The summed E-state index contributed by atoms with van der Waals surface area (Å²) in [6.45, 7) is 18.6. The molecule has 3 fully saturated rings. The topological polar surface area (TPSA) is 514 Å². The molecule has 3 aromatic rings. The van der Waals surface area contributed by atoms with E-state index in [-0.39, 0.29) is 119 Å². The van der Waals surface area contributed by atoms with Crippen molar-refractivity contribution in [3.05, 3.63) is 112 Å². The molecule has 3 aromatic carbocycles. The predicted molar refractivity (Wildman–Crippen MR) is 555 cm³/mol. The first-order valence-electron chi connectivity index (χ1n) is 53.7. The molecular formula is C109H171N14O24+. The molecule has 10 rings (SSSR count). The van der Waals surface area contributed by atoms with Gasteiger partial charge in [-0.05, 0) is 246 Å². The Morgan fingerprint density at radius 2 is 1.01 bits per heavy atom. The summed E-state index contributed by atoms with van der Waals surface area (Å²) in [7, 11) is 6.22. The van der Waals surface area contributed by atoms with Crippen LogP contribution < -0.4 is 70.0 Å². The van der Waals surface area contributed by atoms with Gasteiger partial charge in [0, 0.05) is 49.5 Å². The van der Waals surface area contributed by atoms with E-state index in [0.717, 1.165) is 123 Å². The van der Waals surface area contributed by atoms with Crippen molar-refractivity contribution in [1.29, 1.82) is 0 Å². The van der Waals surface area contributed by atoms with Crippen LogP contribution in [0.4, 0.5) is 21.0 Å². The molecule has 0 spiro atoms. The fourth-order valence-electron chi connectivity index (χ4n) is 22.0. The van der Waals surface area contributed by atoms with Crippen molar-refractivity contribution in [2.75, 3.05) is 197 Å². The van der Waals surface area contributed by atoms with Gasteiger partial charge in [0.05, 0.1) is 176 Å². The van der Waals surface area contributed by atoms with Crippen molar-refractivity contribution in [2.24, 2.45) is 57.8 Å². The van der Waals surface area contributed by atoms with Gasteiger partial charge in [0.25, 0.3) is 0 Å². The number of aliphatic hydroxyl groups is 1. The molecule has 7 aliphatic rings. The molecule has 7 aliphatic carbocycles. The van der Waals surface area contributed by atoms with E-state index in [1.807, 2.05) is 38.1 Å². The Morgan fingerprint density at radius 1 is 0.483 bits per heavy atom. The second kappa shape index (κ2) is 60.8. The van der Waals surface area contributed by atoms with Crippen molar-refractivity contribution in [3.63, 3.8) is 0 Å². The molecule has 2 unspecified atom stereocenters. The molecular weight excluding hydrogens is 1890 g/mol. The average Bonchev–Trinajstić information content (AvgIpc) is 1.30. The summed E-state index contributed by atoms with van der Waals surface area (Å²) in [6.07, 6.45) is 20.0. The highest BCUT2D eigenvalue weighted by molar-refractivity contribution is 6.02. The largest absolute Gasteiger partial charge is 0.508 e. The summed E-state index contributed by atoms with van der Waals surface area (Å²) in [5, 5.41) is 52.7. The number of benzene rings is 3. The third-order valence-electron chi connectivity index (χ3n) is 30.4. The van der Waals surface area contributed by atoms with E-state index in [4.69, 9.17) is 63.6 Å². The molecule has 0 aromatic heterocycles. The first-order valence-corrected chi connectivity index (χ1v) is 53.7. The first-order chi connectivity index (χ1) is 70.7. The van der Waals surface area contributed by atoms with Crippen LogP contribution in [0.15, 0.2) is 84.2 Å². The van der Waals surface area contributed by atoms with Crippen molar-refractivity contribution in [2.45, 2.75) is 256 Å². The SMILES string of the molecule is CC(C)[C@H](NC(=O)[C@@H](CCCCNC(=O)COC1CCCCCC(NCCOCCOCCOCCOCCC(=O)NCC[N+](C)(C)C)=C1N)NC(=O)CCOCCOCCOCCOCCNC(=O)OCC1[C@H]2CC/C=C\CC[C@@H]12)C(=O)N[C@@H](CCCN)C(=O)Nc1ccc(COC(=O)N[C@@H](CO)C(=O)Nc2ccc3c(c2)[C@@]2(C)CCC[C@](C)(C(=O)NC(=O)[C@@]4(C)CCC[C@]5(C)c6cc(O)ccc6CC[C@@H]45)[C@@H]2CC3)cc1. The second-order valence-corrected chi connectivity index (χ2v) is 42.5. The fraction of sp³-hybridized carbons (Fsp3) is 0.697. The number of alkyl carbamates (subject to hydrolysis) is 2. The maximum absolute atomic E-state index is 14.9. The minimum absolute atomic E-state index is 0.00574. The molecule has 147 heavy (non-hydrogen) atoms. The normalized spacial score (nSPS) is 23.0. The van der Waals surface area contributed by atoms with Crippen molar-refractivity contribution < 1.29 is 120 Å². The van der Waals surface area contributed by atoms with Crippen LogP contribution in [0.25, 0.3) is 0 Å². The van der Waals surface area contributed by atoms with E-state index in [1.165, 1.54) is 5.56 Å². The number of aryl methyl sites for hydroxylation is 2. The van der Waals surface area contributed by atoms with E-state index in [2.05, 4.69) is 106 Å². The maximum Gasteiger partial charge on any atom is 0.408 e. The highest BCUT2D eigenvalue weighted by Gasteiger charge is 2.59. The number of aromatic hydroxyl groups is 1. The smallest absolute Gasteiger partial charge is 0.408 e. The number of phenolic OH excluding ortho intramolecular Hbond substituents is 1. The highest BCUT2D eigenvalue weighted by atomic mass is 16.6. The Bertz CT molecular complexity index is 4750. The number of likely N-dealkylation sites (N-methyl/N-ethyl adjacent to an activating group) is 1. The zero-order valence-corrected chi connectivity index (χ0v) is 88.5. The number of imide groups is 1. The molecule has 0 radical (unpaired) electrons. The second-order valence-electron chi connectivity index (χ2n) is 42.5. The number of nitrogens with two attached hydrogens (primary N) is 2. The lowest BCUT2D eigenvalue weighted by atomic mass is 9.49. The monoisotopic (exact) mass is 2060 g/mol. The molecule has 0 bridgehead atoms. The van der Waals surface area contributed by atoms with Gasteiger partial charge in [0.15, 0.2) is 0 Å². The number of quaternary nitrogens is 1. The Kier molecular flexibility index (Phi) is 49.2. The number of aliphatic hydroxyl groups excluding tert-OH is 1. The lowest BCUT2D eigenvalue weighted by molar-refractivity contribution is -0.869. The number of phenols is 1. The van der Waals surface area contributed by atoms with Crippen LogP contribution >= 0.6 is 0 Å². The molecule has 17 N–H and O–H groups in total. The summed E-state index contributed by atoms with van der Waals surface area (Å²) < 4.78 is 63.1. The maximum atomic E-state index is 14.9. The average molecular weight is 2060 g/mol. The molecule has 820 valence electrons. The van der Waals surface area contributed by atoms with Gasteiger partial charge < -0.3 is 131 Å². The molecule has 3 saturated carbocycles. The minimum atomic E-state index is -1.42. The lowest BCUT2D eigenvalue weighted by Gasteiger charge is -2.56. The van der Waals surface area contributed by atoms with Gasteiger partial charge in [0.1, 0.15) is 43.1 Å². The molecule has 0 heterocycles. The number of fused-ring (bicyclic) bond motifs is 7. The summed E-state index contributed by atoms with van der Waals surface area (Å²) in [4.78, 5) is 151. The molecule has 0 aliphatic heterocycles. The van der Waals surface area contributed by atoms with E-state index in [0.29, 0.717) is 204 Å². The van der Waals surface area contributed by atoms with E-state index in [1.54, 1.807) is 50.2 Å². The number of anilines is 2. The Labute approximate surface area is 868 Å². The number of nitrogens with one attached hydrogen (secondary N) is 11. The summed E-state index contributed by atoms with van der Waals surface area (Å²) >= 11 is 0. The fourth-order valence-corrected chi connectivity index (χ4v) is 22.0. The number of carbonyl (C=O) groups excluding carboxylic acids is 11. The molecule has 0 saturated heterocycles. The number of ether oxygens (including phenoxy) is 11.